The minimum absolute atomic E-state index is 0.461. The Kier molecular flexibility index (Phi) is 3.77. The molecule has 0 N–H and O–H groups in total. The van der Waals surface area contributed by atoms with Gasteiger partial charge < -0.3 is 4.74 Å². The predicted octanol–water partition coefficient (Wildman–Crippen LogP) is 4.72. The third-order valence-corrected chi connectivity index (χ3v) is 3.01. The molecule has 0 aliphatic carbocycles. The zero-order valence-electron chi connectivity index (χ0n) is 8.88. The van der Waals surface area contributed by atoms with Crippen LogP contribution in [-0.4, -0.2) is 12.1 Å². The maximum Gasteiger partial charge on any atom is 0.213 e. The highest BCUT2D eigenvalue weighted by Crippen LogP contribution is 2.36. The number of pyridine rings is 1. The SMILES string of the molecule is COc1cccc(-c2c(Cl)cc(Cl)cc2Cl)n1. The largest absolute Gasteiger partial charge is 0.481 e. The summed E-state index contributed by atoms with van der Waals surface area (Å²) in [6.45, 7) is 0. The minimum Gasteiger partial charge on any atom is -0.481 e. The van der Waals surface area contributed by atoms with Crippen molar-refractivity contribution in [1.29, 1.82) is 0 Å². The van der Waals surface area contributed by atoms with E-state index < -0.39 is 0 Å². The molecular formula is C12H8Cl3NO. The van der Waals surface area contributed by atoms with Gasteiger partial charge in [0.1, 0.15) is 0 Å². The molecule has 17 heavy (non-hydrogen) atoms. The maximum absolute atomic E-state index is 6.12. The fourth-order valence-electron chi connectivity index (χ4n) is 1.45. The number of halogens is 3. The van der Waals surface area contributed by atoms with Crippen LogP contribution in [0.1, 0.15) is 0 Å². The normalized spacial score (nSPS) is 10.4. The molecule has 0 aliphatic heterocycles. The summed E-state index contributed by atoms with van der Waals surface area (Å²) in [4.78, 5) is 4.28. The second-order valence-electron chi connectivity index (χ2n) is 3.31. The second kappa shape index (κ2) is 5.13. The number of methoxy groups -OCH3 is 1. The summed E-state index contributed by atoms with van der Waals surface area (Å²) >= 11 is 18.1. The van der Waals surface area contributed by atoms with E-state index in [0.717, 1.165) is 0 Å². The van der Waals surface area contributed by atoms with E-state index >= 15 is 0 Å². The van der Waals surface area contributed by atoms with Gasteiger partial charge in [-0.05, 0) is 18.2 Å². The predicted molar refractivity (Wildman–Crippen MR) is 71.3 cm³/mol. The van der Waals surface area contributed by atoms with Gasteiger partial charge in [0.05, 0.1) is 22.8 Å². The molecule has 0 atom stereocenters. The van der Waals surface area contributed by atoms with Gasteiger partial charge in [-0.25, -0.2) is 4.98 Å². The van der Waals surface area contributed by atoms with Gasteiger partial charge in [0, 0.05) is 16.7 Å². The van der Waals surface area contributed by atoms with Gasteiger partial charge in [-0.3, -0.25) is 0 Å². The highest BCUT2D eigenvalue weighted by atomic mass is 35.5. The summed E-state index contributed by atoms with van der Waals surface area (Å²) < 4.78 is 5.06. The van der Waals surface area contributed by atoms with Crippen molar-refractivity contribution >= 4 is 34.8 Å². The molecule has 0 aliphatic rings. The first-order chi connectivity index (χ1) is 8.11. The Labute approximate surface area is 114 Å². The number of ether oxygens (including phenoxy) is 1. The summed E-state index contributed by atoms with van der Waals surface area (Å²) in [6.07, 6.45) is 0. The zero-order valence-corrected chi connectivity index (χ0v) is 11.1. The number of hydrogen-bond acceptors (Lipinski definition) is 2. The van der Waals surface area contributed by atoms with Crippen LogP contribution in [0.2, 0.25) is 15.1 Å². The monoisotopic (exact) mass is 287 g/mol. The van der Waals surface area contributed by atoms with Crippen LogP contribution in [0.15, 0.2) is 30.3 Å². The van der Waals surface area contributed by atoms with Gasteiger partial charge in [-0.15, -0.1) is 0 Å². The quantitative estimate of drug-likeness (QED) is 0.798. The Balaban J connectivity index is 2.60. The van der Waals surface area contributed by atoms with Crippen molar-refractivity contribution in [3.63, 3.8) is 0 Å². The summed E-state index contributed by atoms with van der Waals surface area (Å²) in [7, 11) is 1.55. The van der Waals surface area contributed by atoms with Crippen molar-refractivity contribution in [2.45, 2.75) is 0 Å². The molecule has 0 spiro atoms. The molecule has 88 valence electrons. The van der Waals surface area contributed by atoms with Crippen LogP contribution in [0.25, 0.3) is 11.3 Å². The van der Waals surface area contributed by atoms with E-state index in [1.54, 1.807) is 25.3 Å². The third-order valence-electron chi connectivity index (χ3n) is 2.20. The van der Waals surface area contributed by atoms with Gasteiger partial charge in [0.2, 0.25) is 5.88 Å². The molecule has 0 radical (unpaired) electrons. The number of nitrogens with zero attached hydrogens (tertiary/aromatic N) is 1. The molecule has 1 heterocycles. The number of benzene rings is 1. The average molecular weight is 289 g/mol. The molecule has 0 saturated heterocycles. The first kappa shape index (κ1) is 12.5. The molecule has 2 aromatic rings. The first-order valence-corrected chi connectivity index (χ1v) is 5.91. The van der Waals surface area contributed by atoms with E-state index in [0.29, 0.717) is 32.2 Å². The van der Waals surface area contributed by atoms with Gasteiger partial charge in [-0.2, -0.15) is 0 Å². The third kappa shape index (κ3) is 2.65. The Hall–Kier alpha value is -0.960. The smallest absolute Gasteiger partial charge is 0.213 e. The highest BCUT2D eigenvalue weighted by molar-refractivity contribution is 6.41. The Morgan fingerprint density at radius 1 is 1.06 bits per heavy atom. The standard InChI is InChI=1S/C12H8Cl3NO/c1-17-11-4-2-3-10(16-11)12-8(14)5-7(13)6-9(12)15/h2-6H,1H3. The van der Waals surface area contributed by atoms with E-state index in [9.17, 15) is 0 Å². The van der Waals surface area contributed by atoms with E-state index in [1.807, 2.05) is 12.1 Å². The van der Waals surface area contributed by atoms with E-state index in [4.69, 9.17) is 39.5 Å². The van der Waals surface area contributed by atoms with Crippen molar-refractivity contribution in [3.8, 4) is 17.1 Å². The molecule has 0 unspecified atom stereocenters. The lowest BCUT2D eigenvalue weighted by Crippen LogP contribution is -1.91. The molecule has 0 bridgehead atoms. The van der Waals surface area contributed by atoms with Crippen LogP contribution < -0.4 is 4.74 Å². The van der Waals surface area contributed by atoms with Crippen molar-refractivity contribution in [2.24, 2.45) is 0 Å². The number of hydrogen-bond donors (Lipinski definition) is 0. The average Bonchev–Trinajstić information content (AvgIpc) is 2.28. The van der Waals surface area contributed by atoms with Gasteiger partial charge >= 0.3 is 0 Å². The lowest BCUT2D eigenvalue weighted by molar-refractivity contribution is 0.398. The molecule has 0 fully saturated rings. The van der Waals surface area contributed by atoms with Crippen molar-refractivity contribution in [2.75, 3.05) is 7.11 Å². The van der Waals surface area contributed by atoms with E-state index in [2.05, 4.69) is 4.98 Å². The molecule has 1 aromatic heterocycles. The summed E-state index contributed by atoms with van der Waals surface area (Å²) in [5, 5.41) is 1.41. The Morgan fingerprint density at radius 3 is 2.29 bits per heavy atom. The molecule has 0 amide bonds. The Morgan fingerprint density at radius 2 is 1.71 bits per heavy atom. The lowest BCUT2D eigenvalue weighted by atomic mass is 10.1. The first-order valence-electron chi connectivity index (χ1n) is 4.78. The minimum atomic E-state index is 0.461. The Bertz CT molecular complexity index is 534. The topological polar surface area (TPSA) is 22.1 Å². The zero-order chi connectivity index (χ0) is 12.4. The van der Waals surface area contributed by atoms with Crippen molar-refractivity contribution in [3.05, 3.63) is 45.4 Å². The van der Waals surface area contributed by atoms with E-state index in [1.165, 1.54) is 0 Å². The molecule has 1 aromatic carbocycles. The van der Waals surface area contributed by atoms with Gasteiger partial charge in [0.15, 0.2) is 0 Å². The van der Waals surface area contributed by atoms with Gasteiger partial charge in [0.25, 0.3) is 0 Å². The summed E-state index contributed by atoms with van der Waals surface area (Å²) in [6, 6.07) is 8.64. The van der Waals surface area contributed by atoms with Crippen molar-refractivity contribution < 1.29 is 4.74 Å². The van der Waals surface area contributed by atoms with Gasteiger partial charge in [-0.1, -0.05) is 40.9 Å². The molecule has 2 nitrogen and oxygen atoms in total. The van der Waals surface area contributed by atoms with Crippen LogP contribution >= 0.6 is 34.8 Å². The fraction of sp³-hybridized carbons (Fsp3) is 0.0833. The summed E-state index contributed by atoms with van der Waals surface area (Å²) in [5.74, 6) is 0.504. The fourth-order valence-corrected chi connectivity index (χ4v) is 2.47. The summed E-state index contributed by atoms with van der Waals surface area (Å²) in [5.41, 5.74) is 1.30. The van der Waals surface area contributed by atoms with Crippen LogP contribution in [0.3, 0.4) is 0 Å². The molecule has 2 rings (SSSR count). The van der Waals surface area contributed by atoms with Crippen LogP contribution in [0.4, 0.5) is 0 Å². The van der Waals surface area contributed by atoms with Crippen LogP contribution in [0, 0.1) is 0 Å². The van der Waals surface area contributed by atoms with E-state index in [-0.39, 0.29) is 0 Å². The number of rotatable bonds is 2. The van der Waals surface area contributed by atoms with Crippen LogP contribution in [-0.2, 0) is 0 Å². The van der Waals surface area contributed by atoms with Crippen molar-refractivity contribution in [1.82, 2.24) is 4.98 Å². The molecule has 5 heteroatoms. The highest BCUT2D eigenvalue weighted by Gasteiger charge is 2.11. The lowest BCUT2D eigenvalue weighted by Gasteiger charge is -2.08. The number of aromatic nitrogens is 1. The maximum atomic E-state index is 6.12. The molecule has 0 saturated carbocycles. The second-order valence-corrected chi connectivity index (χ2v) is 4.56. The molecular weight excluding hydrogens is 280 g/mol. The van der Waals surface area contributed by atoms with Crippen LogP contribution in [0.5, 0.6) is 5.88 Å².